The first-order valence-electron chi connectivity index (χ1n) is 7.13. The maximum Gasteiger partial charge on any atom is 0.297 e. The first kappa shape index (κ1) is 17.6. The van der Waals surface area contributed by atoms with Gasteiger partial charge in [0.25, 0.3) is 10.1 Å². The Bertz CT molecular complexity index is 818. The first-order chi connectivity index (χ1) is 10.9. The normalized spacial score (nSPS) is 11.2. The summed E-state index contributed by atoms with van der Waals surface area (Å²) < 4.78 is 30.0. The van der Waals surface area contributed by atoms with Gasteiger partial charge in [-0.1, -0.05) is 41.4 Å². The molecule has 2 rings (SSSR count). The maximum atomic E-state index is 12.5. The fraction of sp³-hybridized carbons (Fsp3) is 0.222. The van der Waals surface area contributed by atoms with Crippen molar-refractivity contribution in [3.05, 3.63) is 53.1 Å². The molecule has 23 heavy (non-hydrogen) atoms. The molecule has 2 aromatic rings. The summed E-state index contributed by atoms with van der Waals surface area (Å²) in [5.41, 5.74) is 2.32. The van der Waals surface area contributed by atoms with Crippen molar-refractivity contribution in [1.29, 1.82) is 0 Å². The number of benzene rings is 2. The van der Waals surface area contributed by atoms with E-state index in [1.54, 1.807) is 36.4 Å². The summed E-state index contributed by atoms with van der Waals surface area (Å²) in [6, 6.07) is 12.2. The Morgan fingerprint density at radius 3 is 2.52 bits per heavy atom. The third kappa shape index (κ3) is 4.59. The topological polar surface area (TPSA) is 43.4 Å². The summed E-state index contributed by atoms with van der Waals surface area (Å²) in [5, 5.41) is 0.594. The van der Waals surface area contributed by atoms with E-state index in [1.807, 2.05) is 13.0 Å². The molecule has 0 N–H and O–H groups in total. The summed E-state index contributed by atoms with van der Waals surface area (Å²) in [4.78, 5) is 0.145. The fourth-order valence-electron chi connectivity index (χ4n) is 2.12. The average Bonchev–Trinajstić information content (AvgIpc) is 2.52. The monoisotopic (exact) mass is 348 g/mol. The highest BCUT2D eigenvalue weighted by molar-refractivity contribution is 7.87. The second-order valence-electron chi connectivity index (χ2n) is 5.09. The van der Waals surface area contributed by atoms with E-state index in [2.05, 4.69) is 5.92 Å². The van der Waals surface area contributed by atoms with Gasteiger partial charge in [0, 0.05) is 17.0 Å². The number of unbranched alkanes of at least 4 members (excludes halogenated alkanes) is 1. The minimum Gasteiger partial charge on any atom is -0.266 e. The van der Waals surface area contributed by atoms with Gasteiger partial charge in [-0.25, -0.2) is 0 Å². The Kier molecular flexibility index (Phi) is 5.84. The average molecular weight is 349 g/mol. The first-order valence-corrected chi connectivity index (χ1v) is 8.92. The molecule has 5 heteroatoms. The molecule has 0 aliphatic heterocycles. The van der Waals surface area contributed by atoms with Crippen LogP contribution in [0.1, 0.15) is 18.4 Å². The van der Waals surface area contributed by atoms with Crippen molar-refractivity contribution < 1.29 is 12.6 Å². The lowest BCUT2D eigenvalue weighted by molar-refractivity contribution is 0.314. The van der Waals surface area contributed by atoms with E-state index in [4.69, 9.17) is 22.2 Å². The summed E-state index contributed by atoms with van der Waals surface area (Å²) in [6.07, 6.45) is 6.13. The molecule has 3 nitrogen and oxygen atoms in total. The van der Waals surface area contributed by atoms with E-state index in [-0.39, 0.29) is 11.5 Å². The molecule has 0 spiro atoms. The van der Waals surface area contributed by atoms with Crippen molar-refractivity contribution >= 4 is 21.7 Å². The highest BCUT2D eigenvalue weighted by atomic mass is 35.5. The summed E-state index contributed by atoms with van der Waals surface area (Å²) >= 11 is 5.90. The molecule has 0 heterocycles. The van der Waals surface area contributed by atoms with E-state index in [0.717, 1.165) is 11.1 Å². The minimum absolute atomic E-state index is 0.0699. The molecule has 2 aromatic carbocycles. The highest BCUT2D eigenvalue weighted by Crippen LogP contribution is 2.30. The Labute approximate surface area is 142 Å². The molecule has 0 saturated heterocycles. The van der Waals surface area contributed by atoms with Gasteiger partial charge in [-0.3, -0.25) is 4.18 Å². The van der Waals surface area contributed by atoms with Gasteiger partial charge in [0.2, 0.25) is 0 Å². The lowest BCUT2D eigenvalue weighted by Gasteiger charge is -2.12. The Morgan fingerprint density at radius 1 is 1.17 bits per heavy atom. The molecular formula is C18H17ClO3S. The van der Waals surface area contributed by atoms with Crippen molar-refractivity contribution in [3.63, 3.8) is 0 Å². The van der Waals surface area contributed by atoms with Crippen LogP contribution in [0.2, 0.25) is 5.02 Å². The Morgan fingerprint density at radius 2 is 1.87 bits per heavy atom. The summed E-state index contributed by atoms with van der Waals surface area (Å²) in [7, 11) is -3.85. The van der Waals surface area contributed by atoms with Crippen LogP contribution < -0.4 is 0 Å². The lowest BCUT2D eigenvalue weighted by atomic mass is 10.0. The molecule has 0 amide bonds. The van der Waals surface area contributed by atoms with Gasteiger partial charge in [0.1, 0.15) is 4.90 Å². The van der Waals surface area contributed by atoms with Crippen molar-refractivity contribution in [3.8, 4) is 23.5 Å². The van der Waals surface area contributed by atoms with E-state index >= 15 is 0 Å². The smallest absolute Gasteiger partial charge is 0.266 e. The maximum absolute atomic E-state index is 12.5. The molecular weight excluding hydrogens is 332 g/mol. The standard InChI is InChI=1S/C18H17ClO3S/c1-3-4-5-12-22-23(20,21)18-11-6-14(2)13-17(18)15-7-9-16(19)10-8-15/h1,6-11,13H,4-5,12H2,2H3. The molecule has 0 unspecified atom stereocenters. The zero-order valence-electron chi connectivity index (χ0n) is 12.8. The van der Waals surface area contributed by atoms with E-state index in [9.17, 15) is 8.42 Å². The van der Waals surface area contributed by atoms with Gasteiger partial charge < -0.3 is 0 Å². The molecule has 0 aliphatic carbocycles. The van der Waals surface area contributed by atoms with Crippen LogP contribution in [0.3, 0.4) is 0 Å². The lowest BCUT2D eigenvalue weighted by Crippen LogP contribution is -2.09. The molecule has 0 saturated carbocycles. The van der Waals surface area contributed by atoms with Gasteiger partial charge in [0.05, 0.1) is 6.61 Å². The van der Waals surface area contributed by atoms with Crippen LogP contribution >= 0.6 is 11.6 Å². The Hall–Kier alpha value is -1.80. The quantitative estimate of drug-likeness (QED) is 0.440. The van der Waals surface area contributed by atoms with Crippen LogP contribution in [0.4, 0.5) is 0 Å². The number of hydrogen-bond donors (Lipinski definition) is 0. The molecule has 0 aromatic heterocycles. The number of hydrogen-bond acceptors (Lipinski definition) is 3. The predicted molar refractivity (Wildman–Crippen MR) is 92.8 cm³/mol. The van der Waals surface area contributed by atoms with Crippen LogP contribution in [-0.4, -0.2) is 15.0 Å². The molecule has 120 valence electrons. The number of aryl methyl sites for hydroxylation is 1. The molecule has 0 fully saturated rings. The second-order valence-corrected chi connectivity index (χ2v) is 7.11. The van der Waals surface area contributed by atoms with E-state index in [0.29, 0.717) is 23.4 Å². The Balaban J connectivity index is 2.39. The van der Waals surface area contributed by atoms with Crippen molar-refractivity contribution in [2.24, 2.45) is 0 Å². The largest absolute Gasteiger partial charge is 0.297 e. The highest BCUT2D eigenvalue weighted by Gasteiger charge is 2.20. The molecule has 0 radical (unpaired) electrons. The minimum atomic E-state index is -3.85. The van der Waals surface area contributed by atoms with Crippen molar-refractivity contribution in [2.45, 2.75) is 24.7 Å². The van der Waals surface area contributed by atoms with Crippen LogP contribution in [0, 0.1) is 19.3 Å². The molecule has 0 atom stereocenters. The zero-order chi connectivity index (χ0) is 16.9. The van der Waals surface area contributed by atoms with Crippen LogP contribution in [0.5, 0.6) is 0 Å². The van der Waals surface area contributed by atoms with Crippen molar-refractivity contribution in [2.75, 3.05) is 6.61 Å². The number of terminal acetylenes is 1. The zero-order valence-corrected chi connectivity index (χ0v) is 14.3. The summed E-state index contributed by atoms with van der Waals surface area (Å²) in [5.74, 6) is 2.46. The van der Waals surface area contributed by atoms with Crippen molar-refractivity contribution in [1.82, 2.24) is 0 Å². The molecule has 0 bridgehead atoms. The van der Waals surface area contributed by atoms with Crippen LogP contribution in [0.25, 0.3) is 11.1 Å². The number of halogens is 1. The predicted octanol–water partition coefficient (Wildman–Crippen LogP) is 4.43. The van der Waals surface area contributed by atoms with Gasteiger partial charge in [-0.15, -0.1) is 12.3 Å². The van der Waals surface area contributed by atoms with Gasteiger partial charge >= 0.3 is 0 Å². The van der Waals surface area contributed by atoms with E-state index < -0.39 is 10.1 Å². The third-order valence-corrected chi connectivity index (χ3v) is 4.89. The molecule has 0 aliphatic rings. The van der Waals surface area contributed by atoms with Gasteiger partial charge in [-0.05, 0) is 37.1 Å². The summed E-state index contributed by atoms with van der Waals surface area (Å²) in [6.45, 7) is 1.98. The van der Waals surface area contributed by atoms with E-state index in [1.165, 1.54) is 0 Å². The SMILES string of the molecule is C#CCCCOS(=O)(=O)c1ccc(C)cc1-c1ccc(Cl)cc1. The second kappa shape index (κ2) is 7.65. The van der Waals surface area contributed by atoms with Gasteiger partial charge in [0.15, 0.2) is 0 Å². The third-order valence-electron chi connectivity index (χ3n) is 3.26. The fourth-order valence-corrected chi connectivity index (χ4v) is 3.39. The van der Waals surface area contributed by atoms with Gasteiger partial charge in [-0.2, -0.15) is 8.42 Å². The number of rotatable bonds is 6. The van der Waals surface area contributed by atoms with Crippen LogP contribution in [0.15, 0.2) is 47.4 Å². The van der Waals surface area contributed by atoms with Crippen LogP contribution in [-0.2, 0) is 14.3 Å².